The van der Waals surface area contributed by atoms with Crippen LogP contribution in [0.2, 0.25) is 0 Å². The first-order valence-corrected chi connectivity index (χ1v) is 19.0. The van der Waals surface area contributed by atoms with Gasteiger partial charge in [0.25, 0.3) is 0 Å². The second kappa shape index (κ2) is 13.7. The summed E-state index contributed by atoms with van der Waals surface area (Å²) in [6.45, 7) is 4.11. The van der Waals surface area contributed by atoms with Crippen LogP contribution in [0.5, 0.6) is 11.5 Å². The largest absolute Gasteiger partial charge is 0.494 e. The lowest BCUT2D eigenvalue weighted by atomic mass is 9.74. The van der Waals surface area contributed by atoms with Gasteiger partial charge in [0.15, 0.2) is 0 Å². The molecule has 2 saturated carbocycles. The van der Waals surface area contributed by atoms with E-state index in [0.29, 0.717) is 17.0 Å². The first-order chi connectivity index (χ1) is 23.6. The highest BCUT2D eigenvalue weighted by Gasteiger charge is 2.34. The number of para-hydroxylation sites is 1. The number of aryl methyl sites for hydroxylation is 1. The molecule has 0 unspecified atom stereocenters. The number of carboxylic acids is 1. The van der Waals surface area contributed by atoms with E-state index in [1.807, 2.05) is 48.9 Å². The highest BCUT2D eigenvalue weighted by molar-refractivity contribution is 7.89. The molecule has 1 aliphatic heterocycles. The molecule has 3 aliphatic rings. The number of fused-ring (bicyclic) bond motifs is 2. The van der Waals surface area contributed by atoms with Crippen molar-refractivity contribution in [3.8, 4) is 11.5 Å². The van der Waals surface area contributed by atoms with Crippen LogP contribution in [0, 0.1) is 18.8 Å². The molecule has 0 amide bonds. The van der Waals surface area contributed by atoms with Gasteiger partial charge in [0.1, 0.15) is 33.5 Å². The molecular weight excluding hydrogens is 641 g/mol. The summed E-state index contributed by atoms with van der Waals surface area (Å²) in [7, 11) is -2.21. The second-order valence-corrected chi connectivity index (χ2v) is 16.2. The van der Waals surface area contributed by atoms with E-state index in [-0.39, 0.29) is 36.6 Å². The Morgan fingerprint density at radius 1 is 1.02 bits per heavy atom. The smallest absolute Gasteiger partial charge is 0.304 e. The molecule has 1 aromatic heterocycles. The van der Waals surface area contributed by atoms with Crippen LogP contribution in [0.4, 0.5) is 0 Å². The molecule has 0 spiro atoms. The van der Waals surface area contributed by atoms with Crippen LogP contribution in [-0.4, -0.2) is 58.6 Å². The molecule has 2 heterocycles. The normalized spacial score (nSPS) is 23.2. The van der Waals surface area contributed by atoms with Crippen molar-refractivity contribution in [2.75, 3.05) is 13.7 Å². The van der Waals surface area contributed by atoms with Gasteiger partial charge in [-0.3, -0.25) is 4.79 Å². The van der Waals surface area contributed by atoms with E-state index in [0.717, 1.165) is 52.4 Å². The highest BCUT2D eigenvalue weighted by atomic mass is 32.2. The number of hydrogen-bond donors (Lipinski definition) is 1. The lowest BCUT2D eigenvalue weighted by Gasteiger charge is -2.34. The van der Waals surface area contributed by atoms with Crippen molar-refractivity contribution in [1.29, 1.82) is 0 Å². The molecule has 0 saturated heterocycles. The fourth-order valence-electron chi connectivity index (χ4n) is 8.06. The van der Waals surface area contributed by atoms with Crippen molar-refractivity contribution in [2.45, 2.75) is 101 Å². The molecule has 7 rings (SSSR count). The Labute approximate surface area is 288 Å². The second-order valence-electron chi connectivity index (χ2n) is 14.3. The summed E-state index contributed by atoms with van der Waals surface area (Å²) >= 11 is 0. The molecule has 11 heteroatoms. The summed E-state index contributed by atoms with van der Waals surface area (Å²) < 4.78 is 43.0. The number of carbonyl (C=O) groups is 1. The van der Waals surface area contributed by atoms with Gasteiger partial charge in [-0.15, -0.1) is 5.10 Å². The van der Waals surface area contributed by atoms with E-state index in [9.17, 15) is 18.3 Å². The summed E-state index contributed by atoms with van der Waals surface area (Å²) in [5.74, 6) is 1.24. The van der Waals surface area contributed by atoms with Crippen LogP contribution in [-0.2, 0) is 21.4 Å². The lowest BCUT2D eigenvalue weighted by molar-refractivity contribution is -0.137. The van der Waals surface area contributed by atoms with Gasteiger partial charge in [-0.2, -0.15) is 4.31 Å². The van der Waals surface area contributed by atoms with Crippen molar-refractivity contribution in [3.63, 3.8) is 0 Å². The van der Waals surface area contributed by atoms with Crippen molar-refractivity contribution in [3.05, 3.63) is 76.9 Å². The van der Waals surface area contributed by atoms with Crippen molar-refractivity contribution in [1.82, 2.24) is 19.3 Å². The maximum atomic E-state index is 13.8. The van der Waals surface area contributed by atoms with Gasteiger partial charge in [0, 0.05) is 12.5 Å². The summed E-state index contributed by atoms with van der Waals surface area (Å²) in [4.78, 5) is 12.4. The zero-order valence-electron chi connectivity index (χ0n) is 28.5. The van der Waals surface area contributed by atoms with Gasteiger partial charge in [-0.25, -0.2) is 13.1 Å². The topological polar surface area (TPSA) is 124 Å². The van der Waals surface area contributed by atoms with E-state index in [1.54, 1.807) is 31.4 Å². The molecule has 2 atom stereocenters. The SMILES string of the molecule is COc1cc([C@@H](CC(=O)O)c2ccc(C)c(CN3C[C@@H](C)Oc4ccccc4S3(=O)=O)c2)cc2nnn(C3CCC(CC4CCC4)CC3)c12. The molecule has 4 aromatic rings. The average molecular weight is 687 g/mol. The maximum absolute atomic E-state index is 13.8. The summed E-state index contributed by atoms with van der Waals surface area (Å²) in [5.41, 5.74) is 4.77. The third-order valence-corrected chi connectivity index (χ3v) is 12.8. The van der Waals surface area contributed by atoms with Crippen LogP contribution in [0.1, 0.15) is 98.9 Å². The average Bonchev–Trinajstić information content (AvgIpc) is 3.46. The van der Waals surface area contributed by atoms with Crippen LogP contribution in [0.3, 0.4) is 0 Å². The van der Waals surface area contributed by atoms with Crippen molar-refractivity contribution in [2.24, 2.45) is 11.8 Å². The maximum Gasteiger partial charge on any atom is 0.304 e. The molecule has 0 bridgehead atoms. The van der Waals surface area contributed by atoms with Gasteiger partial charge in [-0.1, -0.05) is 54.8 Å². The minimum Gasteiger partial charge on any atom is -0.494 e. The number of methoxy groups -OCH3 is 1. The highest BCUT2D eigenvalue weighted by Crippen LogP contribution is 2.42. The number of aromatic nitrogens is 3. The predicted octanol–water partition coefficient (Wildman–Crippen LogP) is 7.25. The number of sulfonamides is 1. The number of carboxylic acid groups (broad SMARTS) is 1. The van der Waals surface area contributed by atoms with Gasteiger partial charge in [0.2, 0.25) is 10.0 Å². The molecule has 1 N–H and O–H groups in total. The molecule has 260 valence electrons. The van der Waals surface area contributed by atoms with E-state index >= 15 is 0 Å². The number of benzene rings is 3. The predicted molar refractivity (Wildman–Crippen MR) is 186 cm³/mol. The Morgan fingerprint density at radius 3 is 2.49 bits per heavy atom. The quantitative estimate of drug-likeness (QED) is 0.185. The molecule has 2 fully saturated rings. The molecule has 2 aliphatic carbocycles. The molecule has 49 heavy (non-hydrogen) atoms. The summed E-state index contributed by atoms with van der Waals surface area (Å²) in [6, 6.07) is 16.6. The van der Waals surface area contributed by atoms with E-state index in [2.05, 4.69) is 10.3 Å². The van der Waals surface area contributed by atoms with Crippen LogP contribution in [0.25, 0.3) is 11.0 Å². The van der Waals surface area contributed by atoms with Gasteiger partial charge >= 0.3 is 5.97 Å². The monoisotopic (exact) mass is 686 g/mol. The number of aliphatic carboxylic acids is 1. The lowest BCUT2D eigenvalue weighted by Crippen LogP contribution is -2.35. The van der Waals surface area contributed by atoms with Crippen LogP contribution >= 0.6 is 0 Å². The minimum absolute atomic E-state index is 0.128. The molecular formula is C38H46N4O6S. The third kappa shape index (κ3) is 6.79. The zero-order valence-corrected chi connectivity index (χ0v) is 29.4. The molecule has 0 radical (unpaired) electrons. The first kappa shape index (κ1) is 33.5. The van der Waals surface area contributed by atoms with Gasteiger partial charge < -0.3 is 14.6 Å². The fraction of sp³-hybridized carbons (Fsp3) is 0.500. The number of rotatable bonds is 10. The number of hydrogen-bond acceptors (Lipinski definition) is 7. The fourth-order valence-corrected chi connectivity index (χ4v) is 9.67. The summed E-state index contributed by atoms with van der Waals surface area (Å²) in [6.07, 6.45) is 9.57. The third-order valence-electron chi connectivity index (χ3n) is 11.0. The zero-order chi connectivity index (χ0) is 34.3. The van der Waals surface area contributed by atoms with Crippen molar-refractivity contribution < 1.29 is 27.8 Å². The minimum atomic E-state index is -3.84. The number of ether oxygens (including phenoxy) is 2. The molecule has 10 nitrogen and oxygen atoms in total. The van der Waals surface area contributed by atoms with Gasteiger partial charge in [0.05, 0.1) is 26.1 Å². The Kier molecular flexibility index (Phi) is 9.41. The van der Waals surface area contributed by atoms with Crippen LogP contribution in [0.15, 0.2) is 59.5 Å². The Hall–Kier alpha value is -3.96. The van der Waals surface area contributed by atoms with E-state index in [4.69, 9.17) is 9.47 Å². The van der Waals surface area contributed by atoms with Gasteiger partial charge in [-0.05, 0) is 104 Å². The number of nitrogens with zero attached hydrogens (tertiary/aromatic N) is 4. The summed E-state index contributed by atoms with van der Waals surface area (Å²) in [5, 5.41) is 19.2. The Morgan fingerprint density at radius 2 is 1.78 bits per heavy atom. The van der Waals surface area contributed by atoms with Crippen molar-refractivity contribution >= 4 is 27.0 Å². The molecule has 3 aromatic carbocycles. The van der Waals surface area contributed by atoms with E-state index in [1.165, 1.54) is 42.8 Å². The van der Waals surface area contributed by atoms with Crippen LogP contribution < -0.4 is 9.47 Å². The Balaban J connectivity index is 1.18. The van der Waals surface area contributed by atoms with E-state index < -0.39 is 21.9 Å². The standard InChI is InChI=1S/C38H46N4O6S/c1-24-11-14-28(18-30(24)23-41-22-25(2)48-34-9-4-5-10-36(34)49(41,45)46)32(21-37(43)44)29-19-33-38(35(20-29)47-3)42(40-39-33)31-15-12-27(13-16-31)17-26-7-6-8-26/h4-5,9-11,14,18-20,25-27,31-32H,6-8,12-13,15-17,21-23H2,1-3H3,(H,43,44)/t25-,27?,31?,32+/m1/s1. The Bertz CT molecular complexity index is 1950. The first-order valence-electron chi connectivity index (χ1n) is 17.6.